The van der Waals surface area contributed by atoms with Crippen molar-refractivity contribution in [3.63, 3.8) is 0 Å². The zero-order valence-corrected chi connectivity index (χ0v) is 12.2. The van der Waals surface area contributed by atoms with E-state index in [0.29, 0.717) is 0 Å². The van der Waals surface area contributed by atoms with Crippen LogP contribution in [0.1, 0.15) is 32.3 Å². The van der Waals surface area contributed by atoms with E-state index in [2.05, 4.69) is 17.6 Å². The van der Waals surface area contributed by atoms with Crippen LogP contribution in [-0.4, -0.2) is 25.6 Å². The van der Waals surface area contributed by atoms with Crippen molar-refractivity contribution in [1.29, 1.82) is 0 Å². The Morgan fingerprint density at radius 2 is 2.16 bits per heavy atom. The maximum Gasteiger partial charge on any atom is 0.239 e. The van der Waals surface area contributed by atoms with Gasteiger partial charge < -0.3 is 15.4 Å². The van der Waals surface area contributed by atoms with Crippen molar-refractivity contribution in [2.75, 3.05) is 19.0 Å². The number of rotatable bonds is 7. The number of methoxy groups -OCH3 is 1. The molecule has 1 rings (SSSR count). The van der Waals surface area contributed by atoms with Crippen molar-refractivity contribution in [3.05, 3.63) is 23.8 Å². The predicted molar refractivity (Wildman–Crippen MR) is 78.7 cm³/mol. The third kappa shape index (κ3) is 5.20. The molecule has 106 valence electrons. The Hall–Kier alpha value is -1.71. The fraction of sp³-hybridized carbons (Fsp3) is 0.533. The quantitative estimate of drug-likeness (QED) is 0.796. The predicted octanol–water partition coefficient (Wildman–Crippen LogP) is 2.72. The van der Waals surface area contributed by atoms with Crippen molar-refractivity contribution in [2.45, 2.75) is 39.7 Å². The van der Waals surface area contributed by atoms with E-state index in [4.69, 9.17) is 4.74 Å². The summed E-state index contributed by atoms with van der Waals surface area (Å²) in [4.78, 5) is 11.8. The fourth-order valence-electron chi connectivity index (χ4n) is 1.97. The molecule has 1 amide bonds. The van der Waals surface area contributed by atoms with Gasteiger partial charge in [0.25, 0.3) is 0 Å². The van der Waals surface area contributed by atoms with E-state index >= 15 is 0 Å². The number of carbonyl (C=O) groups excluding carboxylic acids is 1. The Bertz CT molecular complexity index is 419. The second-order valence-corrected chi connectivity index (χ2v) is 4.81. The molecule has 0 aromatic heterocycles. The largest absolute Gasteiger partial charge is 0.495 e. The van der Waals surface area contributed by atoms with Gasteiger partial charge in [0, 0.05) is 6.04 Å². The molecule has 0 aliphatic carbocycles. The molecule has 0 saturated carbocycles. The van der Waals surface area contributed by atoms with E-state index < -0.39 is 0 Å². The Morgan fingerprint density at radius 3 is 2.79 bits per heavy atom. The van der Waals surface area contributed by atoms with Gasteiger partial charge in [-0.15, -0.1) is 0 Å². The van der Waals surface area contributed by atoms with Crippen molar-refractivity contribution in [1.82, 2.24) is 5.32 Å². The second-order valence-electron chi connectivity index (χ2n) is 4.81. The average molecular weight is 264 g/mol. The number of hydrogen-bond donors (Lipinski definition) is 2. The number of anilines is 1. The molecule has 1 unspecified atom stereocenters. The lowest BCUT2D eigenvalue weighted by Crippen LogP contribution is -2.36. The highest BCUT2D eigenvalue weighted by Gasteiger charge is 2.08. The smallest absolute Gasteiger partial charge is 0.239 e. The first-order valence-corrected chi connectivity index (χ1v) is 6.74. The third-order valence-electron chi connectivity index (χ3n) is 2.92. The molecule has 2 N–H and O–H groups in total. The van der Waals surface area contributed by atoms with Crippen LogP contribution >= 0.6 is 0 Å². The summed E-state index contributed by atoms with van der Waals surface area (Å²) < 4.78 is 5.26. The van der Waals surface area contributed by atoms with Crippen LogP contribution in [-0.2, 0) is 4.79 Å². The van der Waals surface area contributed by atoms with Crippen molar-refractivity contribution >= 4 is 11.6 Å². The number of benzene rings is 1. The molecule has 0 bridgehead atoms. The van der Waals surface area contributed by atoms with Crippen molar-refractivity contribution < 1.29 is 9.53 Å². The van der Waals surface area contributed by atoms with Crippen molar-refractivity contribution in [2.24, 2.45) is 0 Å². The van der Waals surface area contributed by atoms with Gasteiger partial charge in [-0.2, -0.15) is 0 Å². The summed E-state index contributed by atoms with van der Waals surface area (Å²) in [5.41, 5.74) is 1.98. The number of ether oxygens (including phenoxy) is 1. The molecule has 0 aliphatic rings. The first-order valence-electron chi connectivity index (χ1n) is 6.74. The lowest BCUT2D eigenvalue weighted by Gasteiger charge is -2.15. The summed E-state index contributed by atoms with van der Waals surface area (Å²) in [6.45, 7) is 6.40. The molecule has 0 fully saturated rings. The summed E-state index contributed by atoms with van der Waals surface area (Å²) >= 11 is 0. The van der Waals surface area contributed by atoms with E-state index in [-0.39, 0.29) is 18.5 Å². The van der Waals surface area contributed by atoms with Gasteiger partial charge in [-0.3, -0.25) is 4.79 Å². The number of hydrogen-bond acceptors (Lipinski definition) is 3. The summed E-state index contributed by atoms with van der Waals surface area (Å²) in [5, 5.41) is 6.08. The first kappa shape index (κ1) is 15.3. The van der Waals surface area contributed by atoms with Crippen LogP contribution in [0.15, 0.2) is 18.2 Å². The zero-order valence-electron chi connectivity index (χ0n) is 12.2. The summed E-state index contributed by atoms with van der Waals surface area (Å²) in [5.74, 6) is 0.754. The van der Waals surface area contributed by atoms with Crippen molar-refractivity contribution in [3.8, 4) is 5.75 Å². The molecule has 0 heterocycles. The van der Waals surface area contributed by atoms with Gasteiger partial charge in [0.15, 0.2) is 0 Å². The molecule has 19 heavy (non-hydrogen) atoms. The van der Waals surface area contributed by atoms with Gasteiger partial charge in [0.05, 0.1) is 19.3 Å². The van der Waals surface area contributed by atoms with Crippen LogP contribution in [0, 0.1) is 6.92 Å². The van der Waals surface area contributed by atoms with Gasteiger partial charge in [-0.25, -0.2) is 0 Å². The van der Waals surface area contributed by atoms with Gasteiger partial charge in [-0.1, -0.05) is 19.4 Å². The molecule has 1 atom stereocenters. The zero-order chi connectivity index (χ0) is 14.3. The maximum atomic E-state index is 11.8. The van der Waals surface area contributed by atoms with E-state index in [1.165, 1.54) is 0 Å². The monoisotopic (exact) mass is 264 g/mol. The normalized spacial score (nSPS) is 11.8. The van der Waals surface area contributed by atoms with Gasteiger partial charge >= 0.3 is 0 Å². The van der Waals surface area contributed by atoms with E-state index in [1.54, 1.807) is 7.11 Å². The number of carbonyl (C=O) groups is 1. The highest BCUT2D eigenvalue weighted by molar-refractivity contribution is 5.81. The Morgan fingerprint density at radius 1 is 1.42 bits per heavy atom. The fourth-order valence-corrected chi connectivity index (χ4v) is 1.97. The van der Waals surface area contributed by atoms with E-state index in [1.807, 2.05) is 32.0 Å². The molecular formula is C15H24N2O2. The minimum absolute atomic E-state index is 0.00418. The van der Waals surface area contributed by atoms with E-state index in [0.717, 1.165) is 29.8 Å². The Labute approximate surface area is 115 Å². The van der Waals surface area contributed by atoms with Crippen LogP contribution in [0.2, 0.25) is 0 Å². The topological polar surface area (TPSA) is 50.4 Å². The Balaban J connectivity index is 2.52. The van der Waals surface area contributed by atoms with Crippen LogP contribution in [0.3, 0.4) is 0 Å². The van der Waals surface area contributed by atoms with Gasteiger partial charge in [-0.05, 0) is 38.0 Å². The molecular weight excluding hydrogens is 240 g/mol. The van der Waals surface area contributed by atoms with Crippen LogP contribution < -0.4 is 15.4 Å². The molecule has 0 aliphatic heterocycles. The molecule has 4 heteroatoms. The minimum atomic E-state index is 0.00418. The average Bonchev–Trinajstić information content (AvgIpc) is 2.36. The van der Waals surface area contributed by atoms with Gasteiger partial charge in [0.2, 0.25) is 5.91 Å². The standard InChI is InChI=1S/C15H24N2O2/c1-5-6-12(3)17-15(18)10-16-13-9-11(2)7-8-14(13)19-4/h7-9,12,16H,5-6,10H2,1-4H3,(H,17,18). The lowest BCUT2D eigenvalue weighted by atomic mass is 10.2. The number of aryl methyl sites for hydroxylation is 1. The number of nitrogens with one attached hydrogen (secondary N) is 2. The summed E-state index contributed by atoms with van der Waals surface area (Å²) in [6, 6.07) is 6.07. The van der Waals surface area contributed by atoms with Gasteiger partial charge in [0.1, 0.15) is 5.75 Å². The highest BCUT2D eigenvalue weighted by Crippen LogP contribution is 2.24. The SMILES string of the molecule is CCCC(C)NC(=O)CNc1cc(C)ccc1OC. The van der Waals surface area contributed by atoms with Crippen LogP contribution in [0.25, 0.3) is 0 Å². The highest BCUT2D eigenvalue weighted by atomic mass is 16.5. The van der Waals surface area contributed by atoms with Crippen LogP contribution in [0.4, 0.5) is 5.69 Å². The molecule has 0 spiro atoms. The van der Waals surface area contributed by atoms with Crippen LogP contribution in [0.5, 0.6) is 5.75 Å². The minimum Gasteiger partial charge on any atom is -0.495 e. The molecule has 1 aromatic rings. The molecule has 1 aromatic carbocycles. The molecule has 0 saturated heterocycles. The number of amides is 1. The Kier molecular flexibility index (Phi) is 6.19. The summed E-state index contributed by atoms with van der Waals surface area (Å²) in [6.07, 6.45) is 2.07. The summed E-state index contributed by atoms with van der Waals surface area (Å²) in [7, 11) is 1.62. The lowest BCUT2D eigenvalue weighted by molar-refractivity contribution is -0.120. The first-order chi connectivity index (χ1) is 9.06. The maximum absolute atomic E-state index is 11.8. The van der Waals surface area contributed by atoms with E-state index in [9.17, 15) is 4.79 Å². The molecule has 0 radical (unpaired) electrons. The second kappa shape index (κ2) is 7.67. The third-order valence-corrected chi connectivity index (χ3v) is 2.92. The molecule has 4 nitrogen and oxygen atoms in total.